The van der Waals surface area contributed by atoms with Gasteiger partial charge in [0.05, 0.1) is 20.3 Å². The van der Waals surface area contributed by atoms with Crippen molar-refractivity contribution in [2.45, 2.75) is 6.92 Å². The van der Waals surface area contributed by atoms with E-state index >= 15 is 0 Å². The van der Waals surface area contributed by atoms with Gasteiger partial charge in [0, 0.05) is 24.1 Å². The Labute approximate surface area is 124 Å². The van der Waals surface area contributed by atoms with Crippen LogP contribution in [-0.2, 0) is 0 Å². The standard InChI is InChI=1S/C16H21NO4/c1-10-5-11(3-4-14(10)21-2)15(20)17-6-12-13(7-17)16(12,8-18)9-19/h3-5,12-13,18-19H,6-9H2,1-2H3. The molecule has 1 aliphatic carbocycles. The van der Waals surface area contributed by atoms with E-state index < -0.39 is 0 Å². The highest BCUT2D eigenvalue weighted by Gasteiger charge is 2.68. The van der Waals surface area contributed by atoms with Crippen LogP contribution in [0.4, 0.5) is 0 Å². The van der Waals surface area contributed by atoms with Gasteiger partial charge >= 0.3 is 0 Å². The molecule has 2 fully saturated rings. The van der Waals surface area contributed by atoms with Gasteiger partial charge in [-0.15, -0.1) is 0 Å². The maximum atomic E-state index is 12.5. The van der Waals surface area contributed by atoms with E-state index in [-0.39, 0.29) is 36.4 Å². The Bertz CT molecular complexity index is 553. The maximum absolute atomic E-state index is 12.5. The second-order valence-electron chi connectivity index (χ2n) is 6.16. The monoisotopic (exact) mass is 291 g/mol. The van der Waals surface area contributed by atoms with E-state index in [9.17, 15) is 15.0 Å². The van der Waals surface area contributed by atoms with Crippen LogP contribution in [0.15, 0.2) is 18.2 Å². The lowest BCUT2D eigenvalue weighted by molar-refractivity contribution is 0.0637. The normalized spacial score (nSPS) is 25.6. The van der Waals surface area contributed by atoms with Gasteiger partial charge in [0.2, 0.25) is 0 Å². The number of hydrogen-bond acceptors (Lipinski definition) is 4. The minimum absolute atomic E-state index is 0.00249. The van der Waals surface area contributed by atoms with Crippen LogP contribution in [0.3, 0.4) is 0 Å². The molecule has 2 N–H and O–H groups in total. The van der Waals surface area contributed by atoms with Crippen molar-refractivity contribution in [2.75, 3.05) is 33.4 Å². The van der Waals surface area contributed by atoms with Gasteiger partial charge in [0.25, 0.3) is 5.91 Å². The maximum Gasteiger partial charge on any atom is 0.253 e. The lowest BCUT2D eigenvalue weighted by atomic mass is 10.0. The first-order valence-corrected chi connectivity index (χ1v) is 7.23. The molecular formula is C16H21NO4. The van der Waals surface area contributed by atoms with Crippen molar-refractivity contribution in [3.63, 3.8) is 0 Å². The molecule has 1 aromatic carbocycles. The molecule has 5 heteroatoms. The Kier molecular flexibility index (Phi) is 3.42. The molecule has 2 unspecified atom stereocenters. The molecule has 114 valence electrons. The van der Waals surface area contributed by atoms with Gasteiger partial charge in [-0.1, -0.05) is 0 Å². The Morgan fingerprint density at radius 2 is 1.95 bits per heavy atom. The van der Waals surface area contributed by atoms with E-state index in [1.807, 2.05) is 24.0 Å². The molecule has 5 nitrogen and oxygen atoms in total. The lowest BCUT2D eigenvalue weighted by Gasteiger charge is -2.24. The summed E-state index contributed by atoms with van der Waals surface area (Å²) in [6, 6.07) is 5.44. The molecule has 1 aromatic rings. The molecule has 1 aliphatic heterocycles. The number of methoxy groups -OCH3 is 1. The van der Waals surface area contributed by atoms with Gasteiger partial charge in [0.1, 0.15) is 5.75 Å². The summed E-state index contributed by atoms with van der Waals surface area (Å²) in [5.74, 6) is 1.25. The topological polar surface area (TPSA) is 70.0 Å². The van der Waals surface area contributed by atoms with E-state index in [1.165, 1.54) is 0 Å². The zero-order valence-electron chi connectivity index (χ0n) is 12.4. The van der Waals surface area contributed by atoms with Crippen molar-refractivity contribution in [3.8, 4) is 5.75 Å². The Morgan fingerprint density at radius 3 is 2.43 bits per heavy atom. The van der Waals surface area contributed by atoms with E-state index in [2.05, 4.69) is 0 Å². The lowest BCUT2D eigenvalue weighted by Crippen LogP contribution is -2.36. The van der Waals surface area contributed by atoms with Crippen LogP contribution in [0.2, 0.25) is 0 Å². The molecule has 0 radical (unpaired) electrons. The zero-order valence-corrected chi connectivity index (χ0v) is 12.4. The molecule has 0 aromatic heterocycles. The minimum Gasteiger partial charge on any atom is -0.496 e. The van der Waals surface area contributed by atoms with Crippen LogP contribution < -0.4 is 4.74 Å². The molecule has 1 heterocycles. The number of amides is 1. The van der Waals surface area contributed by atoms with Gasteiger partial charge in [-0.2, -0.15) is 0 Å². The van der Waals surface area contributed by atoms with Crippen LogP contribution in [-0.4, -0.2) is 54.4 Å². The van der Waals surface area contributed by atoms with E-state index in [0.29, 0.717) is 18.7 Å². The number of nitrogens with zero attached hydrogens (tertiary/aromatic N) is 1. The van der Waals surface area contributed by atoms with Crippen LogP contribution in [0.25, 0.3) is 0 Å². The van der Waals surface area contributed by atoms with Crippen LogP contribution in [0.1, 0.15) is 15.9 Å². The molecule has 2 aliphatic rings. The highest BCUT2D eigenvalue weighted by Crippen LogP contribution is 2.62. The quantitative estimate of drug-likeness (QED) is 0.856. The fourth-order valence-corrected chi connectivity index (χ4v) is 3.72. The number of likely N-dealkylation sites (tertiary alicyclic amines) is 1. The molecule has 1 saturated carbocycles. The third-order valence-corrected chi connectivity index (χ3v) is 5.21. The first kappa shape index (κ1) is 14.4. The third kappa shape index (κ3) is 2.03. The van der Waals surface area contributed by atoms with E-state index in [1.54, 1.807) is 13.2 Å². The summed E-state index contributed by atoms with van der Waals surface area (Å²) >= 11 is 0. The molecule has 0 spiro atoms. The largest absolute Gasteiger partial charge is 0.496 e. The van der Waals surface area contributed by atoms with E-state index in [4.69, 9.17) is 4.74 Å². The first-order valence-electron chi connectivity index (χ1n) is 7.23. The summed E-state index contributed by atoms with van der Waals surface area (Å²) in [6.07, 6.45) is 0. The summed E-state index contributed by atoms with van der Waals surface area (Å²) in [4.78, 5) is 14.3. The highest BCUT2D eigenvalue weighted by atomic mass is 16.5. The summed E-state index contributed by atoms with van der Waals surface area (Å²) in [7, 11) is 1.61. The minimum atomic E-state index is -0.355. The van der Waals surface area contributed by atoms with Gasteiger partial charge < -0.3 is 19.8 Å². The average molecular weight is 291 g/mol. The van der Waals surface area contributed by atoms with Gasteiger partial charge in [-0.3, -0.25) is 4.79 Å². The van der Waals surface area contributed by atoms with Crippen molar-refractivity contribution in [2.24, 2.45) is 17.3 Å². The first-order chi connectivity index (χ1) is 10.1. The Hall–Kier alpha value is -1.59. The zero-order chi connectivity index (χ0) is 15.2. The van der Waals surface area contributed by atoms with Crippen molar-refractivity contribution < 1.29 is 19.7 Å². The van der Waals surface area contributed by atoms with Crippen molar-refractivity contribution >= 4 is 5.91 Å². The number of carbonyl (C=O) groups is 1. The summed E-state index contributed by atoms with van der Waals surface area (Å²) < 4.78 is 5.21. The molecule has 1 amide bonds. The number of carbonyl (C=O) groups excluding carboxylic acids is 1. The number of piperidine rings is 1. The van der Waals surface area contributed by atoms with Crippen LogP contribution >= 0.6 is 0 Å². The number of rotatable bonds is 4. The van der Waals surface area contributed by atoms with Crippen molar-refractivity contribution in [3.05, 3.63) is 29.3 Å². The molecule has 21 heavy (non-hydrogen) atoms. The van der Waals surface area contributed by atoms with Gasteiger partial charge in [-0.05, 0) is 42.5 Å². The Balaban J connectivity index is 1.70. The number of aliphatic hydroxyl groups excluding tert-OH is 2. The molecular weight excluding hydrogens is 270 g/mol. The van der Waals surface area contributed by atoms with Gasteiger partial charge in [0.15, 0.2) is 0 Å². The molecule has 2 atom stereocenters. The molecule has 1 saturated heterocycles. The van der Waals surface area contributed by atoms with Crippen LogP contribution in [0.5, 0.6) is 5.75 Å². The van der Waals surface area contributed by atoms with Crippen LogP contribution in [0, 0.1) is 24.2 Å². The fourth-order valence-electron chi connectivity index (χ4n) is 3.72. The summed E-state index contributed by atoms with van der Waals surface area (Å²) in [5, 5.41) is 18.8. The third-order valence-electron chi connectivity index (χ3n) is 5.21. The smallest absolute Gasteiger partial charge is 0.253 e. The number of benzene rings is 1. The predicted molar refractivity (Wildman–Crippen MR) is 77.2 cm³/mol. The number of aliphatic hydroxyl groups is 2. The molecule has 3 rings (SSSR count). The van der Waals surface area contributed by atoms with Crippen molar-refractivity contribution in [1.82, 2.24) is 4.90 Å². The predicted octanol–water partition coefficient (Wildman–Crippen LogP) is 0.676. The van der Waals surface area contributed by atoms with E-state index in [0.717, 1.165) is 11.3 Å². The molecule has 0 bridgehead atoms. The SMILES string of the molecule is COc1ccc(C(=O)N2CC3C(C2)C3(CO)CO)cc1C. The Morgan fingerprint density at radius 1 is 1.33 bits per heavy atom. The fraction of sp³-hybridized carbons (Fsp3) is 0.562. The number of fused-ring (bicyclic) bond motifs is 1. The number of ether oxygens (including phenoxy) is 1. The van der Waals surface area contributed by atoms with Gasteiger partial charge in [-0.25, -0.2) is 0 Å². The summed E-state index contributed by atoms with van der Waals surface area (Å²) in [5.41, 5.74) is 1.24. The second-order valence-corrected chi connectivity index (χ2v) is 6.16. The van der Waals surface area contributed by atoms with Crippen molar-refractivity contribution in [1.29, 1.82) is 0 Å². The summed E-state index contributed by atoms with van der Waals surface area (Å²) in [6.45, 7) is 3.16. The second kappa shape index (κ2) is 5.00. The number of aryl methyl sites for hydroxylation is 1. The highest BCUT2D eigenvalue weighted by molar-refractivity contribution is 5.95. The average Bonchev–Trinajstić information content (AvgIpc) is 2.87. The number of hydrogen-bond donors (Lipinski definition) is 2.